The van der Waals surface area contributed by atoms with Gasteiger partial charge in [0.1, 0.15) is 23.8 Å². The summed E-state index contributed by atoms with van der Waals surface area (Å²) in [6, 6.07) is 0. The van der Waals surface area contributed by atoms with Crippen molar-refractivity contribution in [1.82, 2.24) is 9.55 Å². The van der Waals surface area contributed by atoms with Gasteiger partial charge in [-0.3, -0.25) is 18.9 Å². The molecular weight excluding hydrogens is 591 g/mol. The van der Waals surface area contributed by atoms with Crippen LogP contribution in [0, 0.1) is 11.8 Å². The molecule has 0 amide bonds. The van der Waals surface area contributed by atoms with Crippen LogP contribution < -0.4 is 17.0 Å². The van der Waals surface area contributed by atoms with E-state index in [1.54, 1.807) is 6.26 Å². The number of nitrogens with two attached hydrogens (primary N) is 1. The van der Waals surface area contributed by atoms with Crippen LogP contribution in [0.2, 0.25) is 0 Å². The fraction of sp³-hybridized carbons (Fsp3) is 0.571. The maximum Gasteiger partial charge on any atom is 0.490 e. The summed E-state index contributed by atoms with van der Waals surface area (Å²) in [5.41, 5.74) is 3.64. The second-order valence-electron chi connectivity index (χ2n) is 6.57. The molecule has 1 saturated heterocycles. The zero-order valence-electron chi connectivity index (χ0n) is 18.2. The summed E-state index contributed by atoms with van der Waals surface area (Å²) >= 11 is 0. The molecule has 3 unspecified atom stereocenters. The topological polar surface area (TPSA) is 259 Å². The SMILES string of the molecule is CSSCO[C@@H]1C[C@H](n2cc(C#CCN)c(=O)[nH]c2=O)OC1COP(=O)(O)OP(=O)(O)OP(=O)(O)O. The Hall–Kier alpha value is -0.770. The minimum atomic E-state index is -5.70. The summed E-state index contributed by atoms with van der Waals surface area (Å²) in [6.07, 6.45) is -0.0775. The fourth-order valence-electron chi connectivity index (χ4n) is 2.77. The molecule has 0 bridgehead atoms. The number of hydrogen-bond donors (Lipinski definition) is 6. The summed E-state index contributed by atoms with van der Waals surface area (Å²) < 4.78 is 58.6. The Morgan fingerprint density at radius 2 is 1.92 bits per heavy atom. The standard InChI is InChI=1S/C14H22N3O14P3S2/c1-35-36-8-27-10-5-12(17-6-9(3-2-4-15)13(18)16-14(17)19)29-11(10)7-28-33(23,24)31-34(25,26)30-32(20,21)22/h6,10-12H,4-5,7-8,15H2,1H3,(H,23,24)(H,25,26)(H,16,18,19)(H2,20,21,22)/t10-,11?,12-/m1/s1. The Kier molecular flexibility index (Phi) is 11.7. The van der Waals surface area contributed by atoms with Gasteiger partial charge in [-0.2, -0.15) is 8.62 Å². The van der Waals surface area contributed by atoms with E-state index in [0.29, 0.717) is 0 Å². The Bertz CT molecular complexity index is 1240. The normalized spacial score (nSPS) is 23.4. The number of H-pyrrole nitrogens is 1. The van der Waals surface area contributed by atoms with Crippen molar-refractivity contribution in [3.63, 3.8) is 0 Å². The van der Waals surface area contributed by atoms with Crippen LogP contribution in [0.15, 0.2) is 15.8 Å². The van der Waals surface area contributed by atoms with Crippen molar-refractivity contribution in [3.05, 3.63) is 32.6 Å². The number of nitrogens with zero attached hydrogens (tertiary/aromatic N) is 1. The van der Waals surface area contributed by atoms with Gasteiger partial charge in [-0.25, -0.2) is 18.5 Å². The quantitative estimate of drug-likeness (QED) is 0.0588. The average molecular weight is 613 g/mol. The van der Waals surface area contributed by atoms with Crippen LogP contribution in [0.1, 0.15) is 18.2 Å². The summed E-state index contributed by atoms with van der Waals surface area (Å²) in [4.78, 5) is 62.5. The second-order valence-corrected chi connectivity index (χ2v) is 13.5. The smallest absolute Gasteiger partial charge is 0.364 e. The van der Waals surface area contributed by atoms with Crippen molar-refractivity contribution in [2.24, 2.45) is 5.73 Å². The van der Waals surface area contributed by atoms with Crippen molar-refractivity contribution in [2.75, 3.05) is 25.3 Å². The van der Waals surface area contributed by atoms with E-state index >= 15 is 0 Å². The van der Waals surface area contributed by atoms with Crippen LogP contribution in [0.4, 0.5) is 0 Å². The number of phosphoric ester groups is 1. The lowest BCUT2D eigenvalue weighted by molar-refractivity contribution is -0.0543. The third-order valence-electron chi connectivity index (χ3n) is 4.05. The van der Waals surface area contributed by atoms with Crippen LogP contribution >= 0.6 is 45.1 Å². The molecule has 7 N–H and O–H groups in total. The molecule has 204 valence electrons. The van der Waals surface area contributed by atoms with Crippen LogP contribution in [-0.2, 0) is 36.3 Å². The molecule has 1 aromatic rings. The Labute approximate surface area is 210 Å². The van der Waals surface area contributed by atoms with Crippen molar-refractivity contribution >= 4 is 45.1 Å². The maximum absolute atomic E-state index is 12.3. The zero-order chi connectivity index (χ0) is 27.1. The summed E-state index contributed by atoms with van der Waals surface area (Å²) in [6.45, 7) is -0.823. The van der Waals surface area contributed by atoms with E-state index < -0.39 is 59.8 Å². The van der Waals surface area contributed by atoms with Gasteiger partial charge in [0.25, 0.3) is 5.56 Å². The molecule has 0 spiro atoms. The molecule has 5 atom stereocenters. The highest BCUT2D eigenvalue weighted by Gasteiger charge is 2.43. The third-order valence-corrected chi connectivity index (χ3v) is 9.32. The van der Waals surface area contributed by atoms with E-state index in [1.807, 2.05) is 0 Å². The van der Waals surface area contributed by atoms with Gasteiger partial charge in [0, 0.05) is 12.6 Å². The fourth-order valence-corrected chi connectivity index (χ4v) is 6.58. The molecule has 0 saturated carbocycles. The monoisotopic (exact) mass is 613 g/mol. The number of aromatic amines is 1. The van der Waals surface area contributed by atoms with Gasteiger partial charge in [0.2, 0.25) is 0 Å². The maximum atomic E-state index is 12.3. The Morgan fingerprint density at radius 1 is 1.22 bits per heavy atom. The molecule has 0 aromatic carbocycles. The predicted octanol–water partition coefficient (Wildman–Crippen LogP) is -0.168. The lowest BCUT2D eigenvalue weighted by atomic mass is 10.2. The highest BCUT2D eigenvalue weighted by molar-refractivity contribution is 8.76. The van der Waals surface area contributed by atoms with Crippen molar-refractivity contribution in [3.8, 4) is 11.8 Å². The molecule has 36 heavy (non-hydrogen) atoms. The van der Waals surface area contributed by atoms with Crippen LogP contribution in [-0.4, -0.2) is 66.7 Å². The number of nitrogens with one attached hydrogen (secondary N) is 1. The molecule has 1 fully saturated rings. The molecule has 1 aromatic heterocycles. The summed E-state index contributed by atoms with van der Waals surface area (Å²) in [5, 5.41) is 0. The van der Waals surface area contributed by atoms with E-state index in [-0.39, 0.29) is 24.5 Å². The first-order valence-corrected chi connectivity index (χ1v) is 16.7. The van der Waals surface area contributed by atoms with E-state index in [9.17, 15) is 33.1 Å². The lowest BCUT2D eigenvalue weighted by Crippen LogP contribution is -2.33. The zero-order valence-corrected chi connectivity index (χ0v) is 22.5. The van der Waals surface area contributed by atoms with Gasteiger partial charge in [-0.1, -0.05) is 33.4 Å². The predicted molar refractivity (Wildman–Crippen MR) is 126 cm³/mol. The number of phosphoric acid groups is 3. The minimum Gasteiger partial charge on any atom is -0.364 e. The van der Waals surface area contributed by atoms with E-state index in [2.05, 4.69) is 30.0 Å². The second kappa shape index (κ2) is 13.3. The van der Waals surface area contributed by atoms with E-state index in [0.717, 1.165) is 10.8 Å². The van der Waals surface area contributed by atoms with Crippen LogP contribution in [0.3, 0.4) is 0 Å². The van der Waals surface area contributed by atoms with Gasteiger partial charge < -0.3 is 34.8 Å². The van der Waals surface area contributed by atoms with Gasteiger partial charge in [0.15, 0.2) is 0 Å². The number of ether oxygens (including phenoxy) is 2. The molecule has 0 aliphatic carbocycles. The third kappa shape index (κ3) is 10.2. The number of hydrogen-bond acceptors (Lipinski definition) is 13. The van der Waals surface area contributed by atoms with Crippen molar-refractivity contribution in [2.45, 2.75) is 24.9 Å². The molecule has 1 aliphatic heterocycles. The highest BCUT2D eigenvalue weighted by atomic mass is 33.1. The molecule has 17 nitrogen and oxygen atoms in total. The summed E-state index contributed by atoms with van der Waals surface area (Å²) in [7, 11) is -14.0. The van der Waals surface area contributed by atoms with Crippen LogP contribution in [0.25, 0.3) is 0 Å². The first kappa shape index (κ1) is 31.4. The lowest BCUT2D eigenvalue weighted by Gasteiger charge is -2.21. The van der Waals surface area contributed by atoms with Crippen LogP contribution in [0.5, 0.6) is 0 Å². The first-order valence-electron chi connectivity index (χ1n) is 9.42. The van der Waals surface area contributed by atoms with Gasteiger partial charge in [0.05, 0.1) is 19.3 Å². The molecular formula is C14H22N3O14P3S2. The molecule has 0 radical (unpaired) electrons. The first-order chi connectivity index (χ1) is 16.7. The van der Waals surface area contributed by atoms with Gasteiger partial charge in [-0.05, 0) is 6.26 Å². The summed E-state index contributed by atoms with van der Waals surface area (Å²) in [5.74, 6) is 5.13. The Balaban J connectivity index is 2.21. The average Bonchev–Trinajstić information content (AvgIpc) is 3.12. The minimum absolute atomic E-state index is 0.00900. The van der Waals surface area contributed by atoms with Gasteiger partial charge in [-0.15, -0.1) is 0 Å². The largest absolute Gasteiger partial charge is 0.490 e. The Morgan fingerprint density at radius 3 is 2.53 bits per heavy atom. The van der Waals surface area contributed by atoms with Crippen molar-refractivity contribution in [1.29, 1.82) is 0 Å². The van der Waals surface area contributed by atoms with E-state index in [1.165, 1.54) is 21.6 Å². The van der Waals surface area contributed by atoms with Crippen molar-refractivity contribution < 1.29 is 55.9 Å². The van der Waals surface area contributed by atoms with E-state index in [4.69, 9.17) is 25.0 Å². The number of aromatic nitrogens is 2. The van der Waals surface area contributed by atoms with Gasteiger partial charge >= 0.3 is 29.2 Å². The molecule has 2 rings (SSSR count). The number of rotatable bonds is 12. The highest BCUT2D eigenvalue weighted by Crippen LogP contribution is 2.66. The molecule has 2 heterocycles. The molecule has 1 aliphatic rings. The molecule has 22 heteroatoms.